The minimum absolute atomic E-state index is 0.107. The third kappa shape index (κ3) is 2.29. The van der Waals surface area contributed by atoms with Gasteiger partial charge in [-0.1, -0.05) is 34.1 Å². The van der Waals surface area contributed by atoms with Crippen molar-refractivity contribution in [3.63, 3.8) is 0 Å². The molecule has 0 radical (unpaired) electrons. The van der Waals surface area contributed by atoms with Crippen LogP contribution in [0.1, 0.15) is 5.69 Å². The second-order valence-corrected chi connectivity index (χ2v) is 3.70. The lowest BCUT2D eigenvalue weighted by molar-refractivity contribution is -0.0489. The third-order valence-electron chi connectivity index (χ3n) is 2.09. The number of para-hydroxylation sites is 1. The van der Waals surface area contributed by atoms with Crippen molar-refractivity contribution in [1.29, 1.82) is 0 Å². The molecule has 16 heavy (non-hydrogen) atoms. The third-order valence-corrected chi connectivity index (χ3v) is 2.67. The Bertz CT molecular complexity index is 504. The van der Waals surface area contributed by atoms with E-state index in [0.29, 0.717) is 10.8 Å². The van der Waals surface area contributed by atoms with Crippen LogP contribution in [0.15, 0.2) is 30.3 Å². The first-order valence-corrected chi connectivity index (χ1v) is 5.72. The number of nitrogens with zero attached hydrogens (tertiary/aromatic N) is 1. The first-order valence-electron chi connectivity index (χ1n) is 4.60. The van der Waals surface area contributed by atoms with Gasteiger partial charge in [-0.25, -0.2) is 4.98 Å². The molecule has 0 fully saturated rings. The van der Waals surface area contributed by atoms with E-state index in [9.17, 15) is 8.78 Å². The smallest absolute Gasteiger partial charge is 0.387 e. The van der Waals surface area contributed by atoms with Crippen molar-refractivity contribution >= 4 is 26.8 Å². The topological polar surface area (TPSA) is 22.1 Å². The van der Waals surface area contributed by atoms with Crippen molar-refractivity contribution in [3.8, 4) is 5.75 Å². The predicted octanol–water partition coefficient (Wildman–Crippen LogP) is 3.73. The van der Waals surface area contributed by atoms with Gasteiger partial charge in [0, 0.05) is 10.7 Å². The molecule has 0 amide bonds. The standard InChI is InChI=1S/C11H8BrF2NO/c12-6-8-5-4-7-2-1-3-9(10(7)15-8)16-11(13)14/h1-5,11H,6H2. The van der Waals surface area contributed by atoms with Crippen molar-refractivity contribution in [2.45, 2.75) is 11.9 Å². The molecule has 0 aliphatic rings. The van der Waals surface area contributed by atoms with Crippen LogP contribution in [-0.2, 0) is 5.33 Å². The van der Waals surface area contributed by atoms with Crippen molar-refractivity contribution in [2.24, 2.45) is 0 Å². The van der Waals surface area contributed by atoms with E-state index in [1.807, 2.05) is 12.1 Å². The highest BCUT2D eigenvalue weighted by Gasteiger charge is 2.09. The normalized spacial score (nSPS) is 11.0. The van der Waals surface area contributed by atoms with Gasteiger partial charge in [0.2, 0.25) is 0 Å². The van der Waals surface area contributed by atoms with Crippen LogP contribution < -0.4 is 4.74 Å². The summed E-state index contributed by atoms with van der Waals surface area (Å²) < 4.78 is 28.8. The predicted molar refractivity (Wildman–Crippen MR) is 61.0 cm³/mol. The molecular formula is C11H8BrF2NO. The average molecular weight is 288 g/mol. The van der Waals surface area contributed by atoms with Gasteiger partial charge in [0.1, 0.15) is 5.52 Å². The van der Waals surface area contributed by atoms with E-state index in [0.717, 1.165) is 11.1 Å². The van der Waals surface area contributed by atoms with Gasteiger partial charge in [-0.2, -0.15) is 8.78 Å². The van der Waals surface area contributed by atoms with Crippen molar-refractivity contribution in [3.05, 3.63) is 36.0 Å². The summed E-state index contributed by atoms with van der Waals surface area (Å²) >= 11 is 3.27. The fourth-order valence-electron chi connectivity index (χ4n) is 1.43. The van der Waals surface area contributed by atoms with Gasteiger partial charge in [0.05, 0.1) is 5.69 Å². The maximum absolute atomic E-state index is 12.2. The molecule has 0 aliphatic heterocycles. The Hall–Kier alpha value is -1.23. The van der Waals surface area contributed by atoms with E-state index in [-0.39, 0.29) is 5.75 Å². The molecule has 0 aliphatic carbocycles. The Kier molecular flexibility index (Phi) is 3.33. The van der Waals surface area contributed by atoms with E-state index in [4.69, 9.17) is 0 Å². The second-order valence-electron chi connectivity index (χ2n) is 3.14. The maximum atomic E-state index is 12.2. The summed E-state index contributed by atoms with van der Waals surface area (Å²) in [5, 5.41) is 1.36. The lowest BCUT2D eigenvalue weighted by Gasteiger charge is -2.07. The highest BCUT2D eigenvalue weighted by atomic mass is 79.9. The number of pyridine rings is 1. The van der Waals surface area contributed by atoms with E-state index < -0.39 is 6.61 Å². The number of ether oxygens (including phenoxy) is 1. The first-order chi connectivity index (χ1) is 7.70. The van der Waals surface area contributed by atoms with E-state index in [1.54, 1.807) is 12.1 Å². The van der Waals surface area contributed by atoms with E-state index in [2.05, 4.69) is 25.7 Å². The van der Waals surface area contributed by atoms with Gasteiger partial charge in [-0.05, 0) is 12.1 Å². The number of halogens is 3. The molecule has 2 rings (SSSR count). The highest BCUT2D eigenvalue weighted by molar-refractivity contribution is 9.08. The molecule has 84 valence electrons. The largest absolute Gasteiger partial charge is 0.432 e. The van der Waals surface area contributed by atoms with Crippen LogP contribution in [0.4, 0.5) is 8.78 Å². The molecule has 0 saturated heterocycles. The van der Waals surface area contributed by atoms with Crippen LogP contribution in [0.5, 0.6) is 5.75 Å². The average Bonchev–Trinajstić information content (AvgIpc) is 2.28. The second kappa shape index (κ2) is 4.74. The molecule has 1 heterocycles. The molecule has 2 aromatic rings. The highest BCUT2D eigenvalue weighted by Crippen LogP contribution is 2.25. The Morgan fingerprint density at radius 3 is 2.75 bits per heavy atom. The van der Waals surface area contributed by atoms with Crippen LogP contribution in [-0.4, -0.2) is 11.6 Å². The maximum Gasteiger partial charge on any atom is 0.387 e. The van der Waals surface area contributed by atoms with Gasteiger partial charge < -0.3 is 4.74 Å². The number of rotatable bonds is 3. The lowest BCUT2D eigenvalue weighted by atomic mass is 10.2. The Morgan fingerprint density at radius 1 is 1.25 bits per heavy atom. The molecular weight excluding hydrogens is 280 g/mol. The minimum atomic E-state index is -2.83. The monoisotopic (exact) mass is 287 g/mol. The molecule has 0 atom stereocenters. The fourth-order valence-corrected chi connectivity index (χ4v) is 1.74. The summed E-state index contributed by atoms with van der Waals surface area (Å²) in [6, 6.07) is 8.62. The summed E-state index contributed by atoms with van der Waals surface area (Å²) in [7, 11) is 0. The van der Waals surface area contributed by atoms with Crippen LogP contribution in [0, 0.1) is 0 Å². The molecule has 0 spiro atoms. The van der Waals surface area contributed by atoms with Gasteiger partial charge in [-0.15, -0.1) is 0 Å². The summed E-state index contributed by atoms with van der Waals surface area (Å²) in [4.78, 5) is 4.24. The number of hydrogen-bond donors (Lipinski definition) is 0. The van der Waals surface area contributed by atoms with Crippen LogP contribution in [0.25, 0.3) is 10.9 Å². The molecule has 1 aromatic carbocycles. The van der Waals surface area contributed by atoms with Gasteiger partial charge in [0.15, 0.2) is 5.75 Å². The summed E-state index contributed by atoms with van der Waals surface area (Å²) in [6.07, 6.45) is 0. The quantitative estimate of drug-likeness (QED) is 0.803. The van der Waals surface area contributed by atoms with Gasteiger partial charge in [0.25, 0.3) is 0 Å². The molecule has 0 bridgehead atoms. The summed E-state index contributed by atoms with van der Waals surface area (Å²) in [5.74, 6) is 0.107. The van der Waals surface area contributed by atoms with E-state index >= 15 is 0 Å². The number of benzene rings is 1. The Balaban J connectivity index is 2.55. The zero-order valence-corrected chi connectivity index (χ0v) is 9.75. The van der Waals surface area contributed by atoms with E-state index in [1.165, 1.54) is 6.07 Å². The Morgan fingerprint density at radius 2 is 2.06 bits per heavy atom. The van der Waals surface area contributed by atoms with Gasteiger partial charge >= 0.3 is 6.61 Å². The number of alkyl halides is 3. The van der Waals surface area contributed by atoms with Crippen LogP contribution in [0.2, 0.25) is 0 Å². The van der Waals surface area contributed by atoms with Crippen molar-refractivity contribution < 1.29 is 13.5 Å². The SMILES string of the molecule is FC(F)Oc1cccc2ccc(CBr)nc12. The lowest BCUT2D eigenvalue weighted by Crippen LogP contribution is -2.03. The molecule has 1 aromatic heterocycles. The number of fused-ring (bicyclic) bond motifs is 1. The van der Waals surface area contributed by atoms with Crippen molar-refractivity contribution in [2.75, 3.05) is 0 Å². The first kappa shape index (κ1) is 11.3. The van der Waals surface area contributed by atoms with Crippen LogP contribution in [0.3, 0.4) is 0 Å². The fraction of sp³-hybridized carbons (Fsp3) is 0.182. The minimum Gasteiger partial charge on any atom is -0.432 e. The zero-order valence-electron chi connectivity index (χ0n) is 8.16. The summed E-state index contributed by atoms with van der Waals surface area (Å²) in [5.41, 5.74) is 1.23. The van der Waals surface area contributed by atoms with Gasteiger partial charge in [-0.3, -0.25) is 0 Å². The van der Waals surface area contributed by atoms with Crippen LogP contribution >= 0.6 is 15.9 Å². The molecule has 0 N–H and O–H groups in total. The molecule has 5 heteroatoms. The van der Waals surface area contributed by atoms with Crippen molar-refractivity contribution in [1.82, 2.24) is 4.98 Å². The molecule has 0 saturated carbocycles. The number of aromatic nitrogens is 1. The number of hydrogen-bond acceptors (Lipinski definition) is 2. The summed E-state index contributed by atoms with van der Waals surface area (Å²) in [6.45, 7) is -2.83. The Labute approximate surface area is 99.4 Å². The zero-order chi connectivity index (χ0) is 11.5. The molecule has 0 unspecified atom stereocenters. The molecule has 2 nitrogen and oxygen atoms in total.